The summed E-state index contributed by atoms with van der Waals surface area (Å²) in [6.45, 7) is 3.92. The smallest absolute Gasteiger partial charge is 0.242 e. The van der Waals surface area contributed by atoms with Crippen LogP contribution in [0.3, 0.4) is 0 Å². The summed E-state index contributed by atoms with van der Waals surface area (Å²) in [5.74, 6) is -0.163. The van der Waals surface area contributed by atoms with Gasteiger partial charge in [0.25, 0.3) is 0 Å². The first-order valence-corrected chi connectivity index (χ1v) is 4.93. The Labute approximate surface area is 89.3 Å². The molecule has 1 amide bonds. The van der Waals surface area contributed by atoms with Gasteiger partial charge in [-0.15, -0.1) is 11.6 Å². The lowest BCUT2D eigenvalue weighted by Gasteiger charge is -2.14. The number of hydrogen-bond acceptors (Lipinski definition) is 1. The molecule has 0 saturated heterocycles. The Hall–Kier alpha value is -1.02. The number of carbonyl (C=O) groups excluding carboxylic acids is 1. The lowest BCUT2D eigenvalue weighted by atomic mass is 9.99. The van der Waals surface area contributed by atoms with Crippen molar-refractivity contribution in [3.8, 4) is 0 Å². The molecule has 1 rings (SSSR count). The van der Waals surface area contributed by atoms with E-state index in [1.165, 1.54) is 0 Å². The van der Waals surface area contributed by atoms with Crippen molar-refractivity contribution in [1.29, 1.82) is 0 Å². The maximum absolute atomic E-state index is 11.4. The second-order valence-corrected chi connectivity index (χ2v) is 3.72. The standard InChI is InChI=1S/C11H14ClNO/c1-7-5-4-6-8(2)9(7)10(12)11(14)13-3/h4-6,10H,1-3H3,(H,13,14). The number of hydrogen-bond donors (Lipinski definition) is 1. The minimum absolute atomic E-state index is 0.163. The molecule has 1 unspecified atom stereocenters. The Morgan fingerprint density at radius 2 is 1.86 bits per heavy atom. The van der Waals surface area contributed by atoms with Gasteiger partial charge in [-0.25, -0.2) is 0 Å². The normalized spacial score (nSPS) is 12.3. The molecule has 1 atom stereocenters. The van der Waals surface area contributed by atoms with E-state index in [4.69, 9.17) is 11.6 Å². The molecule has 2 nitrogen and oxygen atoms in total. The first kappa shape index (κ1) is 11.1. The molecule has 0 bridgehead atoms. The molecule has 0 fully saturated rings. The maximum Gasteiger partial charge on any atom is 0.242 e. The van der Waals surface area contributed by atoms with Crippen LogP contribution >= 0.6 is 11.6 Å². The van der Waals surface area contributed by atoms with Gasteiger partial charge >= 0.3 is 0 Å². The summed E-state index contributed by atoms with van der Waals surface area (Å²) in [5.41, 5.74) is 3.01. The Morgan fingerprint density at radius 1 is 1.36 bits per heavy atom. The Morgan fingerprint density at radius 3 is 2.29 bits per heavy atom. The summed E-state index contributed by atoms with van der Waals surface area (Å²) in [4.78, 5) is 11.4. The van der Waals surface area contributed by atoms with Crippen molar-refractivity contribution in [3.05, 3.63) is 34.9 Å². The van der Waals surface area contributed by atoms with Crippen LogP contribution in [0.2, 0.25) is 0 Å². The summed E-state index contributed by atoms with van der Waals surface area (Å²) in [6.07, 6.45) is 0. The van der Waals surface area contributed by atoms with Crippen LogP contribution in [0.25, 0.3) is 0 Å². The Bertz CT molecular complexity index is 329. The quantitative estimate of drug-likeness (QED) is 0.748. The fourth-order valence-corrected chi connectivity index (χ4v) is 1.94. The topological polar surface area (TPSA) is 29.1 Å². The summed E-state index contributed by atoms with van der Waals surface area (Å²) < 4.78 is 0. The predicted octanol–water partition coefficient (Wildman–Crippen LogP) is 2.33. The first-order valence-electron chi connectivity index (χ1n) is 4.49. The number of alkyl halides is 1. The van der Waals surface area contributed by atoms with Crippen LogP contribution in [0.4, 0.5) is 0 Å². The summed E-state index contributed by atoms with van der Waals surface area (Å²) in [7, 11) is 1.59. The third-order valence-corrected chi connectivity index (χ3v) is 2.69. The number of aryl methyl sites for hydroxylation is 2. The zero-order valence-electron chi connectivity index (χ0n) is 8.60. The van der Waals surface area contributed by atoms with E-state index in [1.807, 2.05) is 32.0 Å². The molecular formula is C11H14ClNO. The van der Waals surface area contributed by atoms with Crippen molar-refractivity contribution < 1.29 is 4.79 Å². The number of halogens is 1. The lowest BCUT2D eigenvalue weighted by Crippen LogP contribution is -2.23. The van der Waals surface area contributed by atoms with Gasteiger partial charge in [0, 0.05) is 7.05 Å². The van der Waals surface area contributed by atoms with E-state index in [0.717, 1.165) is 16.7 Å². The van der Waals surface area contributed by atoms with Crippen LogP contribution in [0.15, 0.2) is 18.2 Å². The fourth-order valence-electron chi connectivity index (χ4n) is 1.48. The predicted molar refractivity (Wildman–Crippen MR) is 58.6 cm³/mol. The van der Waals surface area contributed by atoms with Crippen molar-refractivity contribution in [3.63, 3.8) is 0 Å². The monoisotopic (exact) mass is 211 g/mol. The molecule has 76 valence electrons. The highest BCUT2D eigenvalue weighted by Crippen LogP contribution is 2.26. The number of benzene rings is 1. The van der Waals surface area contributed by atoms with E-state index in [0.29, 0.717) is 0 Å². The van der Waals surface area contributed by atoms with Crippen LogP contribution in [0.5, 0.6) is 0 Å². The average molecular weight is 212 g/mol. The van der Waals surface area contributed by atoms with E-state index in [1.54, 1.807) is 7.05 Å². The third-order valence-electron chi connectivity index (χ3n) is 2.27. The van der Waals surface area contributed by atoms with Gasteiger partial charge in [-0.05, 0) is 30.5 Å². The van der Waals surface area contributed by atoms with Crippen LogP contribution < -0.4 is 5.32 Å². The molecule has 0 saturated carbocycles. The Kier molecular flexibility index (Phi) is 3.53. The van der Waals surface area contributed by atoms with Gasteiger partial charge < -0.3 is 5.32 Å². The fraction of sp³-hybridized carbons (Fsp3) is 0.364. The number of likely N-dealkylation sites (N-methyl/N-ethyl adjacent to an activating group) is 1. The van der Waals surface area contributed by atoms with Gasteiger partial charge in [0.2, 0.25) is 5.91 Å². The highest BCUT2D eigenvalue weighted by Gasteiger charge is 2.19. The third kappa shape index (κ3) is 2.07. The summed E-state index contributed by atoms with van der Waals surface area (Å²) in [6, 6.07) is 5.88. The van der Waals surface area contributed by atoms with E-state index < -0.39 is 5.38 Å². The van der Waals surface area contributed by atoms with Gasteiger partial charge in [0.1, 0.15) is 5.38 Å². The van der Waals surface area contributed by atoms with Crippen molar-refractivity contribution in [2.45, 2.75) is 19.2 Å². The Balaban J connectivity index is 3.11. The molecule has 0 aliphatic heterocycles. The highest BCUT2D eigenvalue weighted by molar-refractivity contribution is 6.31. The van der Waals surface area contributed by atoms with E-state index in [-0.39, 0.29) is 5.91 Å². The minimum Gasteiger partial charge on any atom is -0.358 e. The maximum atomic E-state index is 11.4. The minimum atomic E-state index is -0.596. The van der Waals surface area contributed by atoms with Crippen molar-refractivity contribution in [1.82, 2.24) is 5.32 Å². The summed E-state index contributed by atoms with van der Waals surface area (Å²) in [5, 5.41) is 1.95. The molecule has 0 heterocycles. The van der Waals surface area contributed by atoms with E-state index in [2.05, 4.69) is 5.32 Å². The van der Waals surface area contributed by atoms with Gasteiger partial charge in [-0.1, -0.05) is 18.2 Å². The second-order valence-electron chi connectivity index (χ2n) is 3.28. The largest absolute Gasteiger partial charge is 0.358 e. The molecule has 3 heteroatoms. The van der Waals surface area contributed by atoms with Crippen LogP contribution in [-0.2, 0) is 4.79 Å². The first-order chi connectivity index (χ1) is 6.57. The average Bonchev–Trinajstić information content (AvgIpc) is 2.16. The van der Waals surface area contributed by atoms with Gasteiger partial charge in [0.15, 0.2) is 0 Å². The molecule has 14 heavy (non-hydrogen) atoms. The second kappa shape index (κ2) is 4.47. The summed E-state index contributed by atoms with van der Waals surface area (Å²) >= 11 is 6.06. The number of rotatable bonds is 2. The molecule has 0 radical (unpaired) electrons. The molecule has 0 spiro atoms. The molecule has 0 aliphatic carbocycles. The zero-order valence-corrected chi connectivity index (χ0v) is 9.35. The molecule has 1 N–H and O–H groups in total. The van der Waals surface area contributed by atoms with Crippen LogP contribution in [0, 0.1) is 13.8 Å². The lowest BCUT2D eigenvalue weighted by molar-refractivity contribution is -0.120. The number of carbonyl (C=O) groups is 1. The van der Waals surface area contributed by atoms with Gasteiger partial charge in [-0.3, -0.25) is 4.79 Å². The van der Waals surface area contributed by atoms with E-state index in [9.17, 15) is 4.79 Å². The number of nitrogens with one attached hydrogen (secondary N) is 1. The van der Waals surface area contributed by atoms with Gasteiger partial charge in [-0.2, -0.15) is 0 Å². The molecule has 1 aromatic rings. The molecule has 1 aromatic carbocycles. The molecule has 0 aromatic heterocycles. The van der Waals surface area contributed by atoms with Crippen molar-refractivity contribution >= 4 is 17.5 Å². The number of amides is 1. The van der Waals surface area contributed by atoms with E-state index >= 15 is 0 Å². The van der Waals surface area contributed by atoms with Crippen molar-refractivity contribution in [2.75, 3.05) is 7.05 Å². The zero-order chi connectivity index (χ0) is 10.7. The van der Waals surface area contributed by atoms with Gasteiger partial charge in [0.05, 0.1) is 0 Å². The van der Waals surface area contributed by atoms with Crippen LogP contribution in [-0.4, -0.2) is 13.0 Å². The SMILES string of the molecule is CNC(=O)C(Cl)c1c(C)cccc1C. The van der Waals surface area contributed by atoms with Crippen molar-refractivity contribution in [2.24, 2.45) is 0 Å². The molecule has 0 aliphatic rings. The highest BCUT2D eigenvalue weighted by atomic mass is 35.5. The molecular weight excluding hydrogens is 198 g/mol. The van der Waals surface area contributed by atoms with Crippen LogP contribution in [0.1, 0.15) is 22.1 Å².